The molecule has 0 N–H and O–H groups in total. The van der Waals surface area contributed by atoms with Gasteiger partial charge in [0.1, 0.15) is 0 Å². The van der Waals surface area contributed by atoms with E-state index >= 15 is 0 Å². The Balaban J connectivity index is 1.88. The standard InChI is InChI=1S/C25H48OSi/c1-9-27(10-2,11-3)26-24(6,7)18-12-14-20(4)22-16-17-23-21(5)15-13-19-25(22,23)8/h20,22-23H,5,9-19H2,1-4,6-8H3/t20-,22-,23+,25-/m1/s1. The summed E-state index contributed by atoms with van der Waals surface area (Å²) in [6.45, 7) is 21.3. The Hall–Kier alpha value is -0.0831. The summed E-state index contributed by atoms with van der Waals surface area (Å²) < 4.78 is 6.83. The van der Waals surface area contributed by atoms with Crippen LogP contribution in [0.1, 0.15) is 99.8 Å². The lowest BCUT2D eigenvalue weighted by atomic mass is 9.61. The molecule has 0 radical (unpaired) electrons. The first-order valence-electron chi connectivity index (χ1n) is 12.0. The Labute approximate surface area is 171 Å². The van der Waals surface area contributed by atoms with Gasteiger partial charge in [0, 0.05) is 0 Å². The monoisotopic (exact) mass is 392 g/mol. The highest BCUT2D eigenvalue weighted by Crippen LogP contribution is 2.59. The van der Waals surface area contributed by atoms with Crippen LogP contribution in [0.15, 0.2) is 12.2 Å². The van der Waals surface area contributed by atoms with Crippen LogP contribution in [0.2, 0.25) is 18.1 Å². The third-order valence-electron chi connectivity index (χ3n) is 8.67. The van der Waals surface area contributed by atoms with E-state index in [1.807, 2.05) is 0 Å². The number of allylic oxidation sites excluding steroid dienone is 1. The molecule has 2 fully saturated rings. The smallest absolute Gasteiger partial charge is 0.192 e. The van der Waals surface area contributed by atoms with Crippen molar-refractivity contribution in [3.8, 4) is 0 Å². The zero-order chi connectivity index (χ0) is 20.3. The Morgan fingerprint density at radius 1 is 1.19 bits per heavy atom. The largest absolute Gasteiger partial charge is 0.412 e. The zero-order valence-electron chi connectivity index (χ0n) is 19.6. The maximum absolute atomic E-state index is 6.83. The fraction of sp³-hybridized carbons (Fsp3) is 0.920. The molecule has 0 amide bonds. The van der Waals surface area contributed by atoms with Gasteiger partial charge in [0.05, 0.1) is 5.60 Å². The van der Waals surface area contributed by atoms with Gasteiger partial charge in [-0.25, -0.2) is 0 Å². The van der Waals surface area contributed by atoms with Gasteiger partial charge in [-0.1, -0.05) is 59.6 Å². The molecule has 0 aromatic carbocycles. The molecule has 1 nitrogen and oxygen atoms in total. The summed E-state index contributed by atoms with van der Waals surface area (Å²) in [5.41, 5.74) is 2.15. The van der Waals surface area contributed by atoms with E-state index in [0.29, 0.717) is 5.41 Å². The second-order valence-corrected chi connectivity index (χ2v) is 15.4. The van der Waals surface area contributed by atoms with Crippen molar-refractivity contribution < 1.29 is 4.43 Å². The second-order valence-electron chi connectivity index (χ2n) is 10.7. The molecule has 4 atom stereocenters. The van der Waals surface area contributed by atoms with Gasteiger partial charge in [0.2, 0.25) is 0 Å². The minimum atomic E-state index is -1.51. The summed E-state index contributed by atoms with van der Waals surface area (Å²) in [5, 5.41) is 0. The van der Waals surface area contributed by atoms with Crippen LogP contribution in [-0.2, 0) is 4.43 Å². The van der Waals surface area contributed by atoms with Gasteiger partial charge in [-0.15, -0.1) is 0 Å². The molecule has 2 aliphatic rings. The van der Waals surface area contributed by atoms with Crippen LogP contribution in [0.3, 0.4) is 0 Å². The highest BCUT2D eigenvalue weighted by Gasteiger charge is 2.50. The van der Waals surface area contributed by atoms with Gasteiger partial charge in [0.25, 0.3) is 0 Å². The van der Waals surface area contributed by atoms with E-state index < -0.39 is 8.32 Å². The molecule has 0 bridgehead atoms. The van der Waals surface area contributed by atoms with Crippen molar-refractivity contribution >= 4 is 8.32 Å². The molecule has 158 valence electrons. The van der Waals surface area contributed by atoms with Crippen LogP contribution >= 0.6 is 0 Å². The van der Waals surface area contributed by atoms with Crippen LogP contribution < -0.4 is 0 Å². The van der Waals surface area contributed by atoms with Crippen LogP contribution in [-0.4, -0.2) is 13.9 Å². The Bertz CT molecular complexity index is 484. The molecular formula is C25H48OSi. The van der Waals surface area contributed by atoms with E-state index in [4.69, 9.17) is 4.43 Å². The number of hydrogen-bond acceptors (Lipinski definition) is 1. The molecule has 0 heterocycles. The lowest BCUT2D eigenvalue weighted by Crippen LogP contribution is -2.44. The molecule has 0 aromatic rings. The summed E-state index contributed by atoms with van der Waals surface area (Å²) in [6.07, 6.45) is 10.8. The van der Waals surface area contributed by atoms with E-state index in [-0.39, 0.29) is 5.60 Å². The third-order valence-corrected chi connectivity index (χ3v) is 13.5. The van der Waals surface area contributed by atoms with E-state index in [1.165, 1.54) is 69.5 Å². The van der Waals surface area contributed by atoms with Crippen molar-refractivity contribution in [1.82, 2.24) is 0 Å². The molecule has 0 aromatic heterocycles. The highest BCUT2D eigenvalue weighted by atomic mass is 28.4. The van der Waals surface area contributed by atoms with Gasteiger partial charge < -0.3 is 4.43 Å². The predicted molar refractivity (Wildman–Crippen MR) is 123 cm³/mol. The van der Waals surface area contributed by atoms with E-state index in [0.717, 1.165) is 17.8 Å². The molecule has 2 rings (SSSR count). The minimum absolute atomic E-state index is 0.0508. The minimum Gasteiger partial charge on any atom is -0.412 e. The molecule has 0 saturated heterocycles. The van der Waals surface area contributed by atoms with Crippen molar-refractivity contribution in [2.75, 3.05) is 0 Å². The van der Waals surface area contributed by atoms with Crippen LogP contribution in [0.4, 0.5) is 0 Å². The van der Waals surface area contributed by atoms with Gasteiger partial charge in [-0.3, -0.25) is 0 Å². The van der Waals surface area contributed by atoms with E-state index in [2.05, 4.69) is 55.0 Å². The molecule has 0 aliphatic heterocycles. The summed E-state index contributed by atoms with van der Waals surface area (Å²) in [5.74, 6) is 2.55. The second kappa shape index (κ2) is 9.16. The Morgan fingerprint density at radius 2 is 1.81 bits per heavy atom. The molecule has 0 unspecified atom stereocenters. The van der Waals surface area contributed by atoms with Gasteiger partial charge >= 0.3 is 0 Å². The quantitative estimate of drug-likeness (QED) is 0.268. The molecule has 0 spiro atoms. The Morgan fingerprint density at radius 3 is 2.41 bits per heavy atom. The van der Waals surface area contributed by atoms with Crippen molar-refractivity contribution in [2.45, 2.75) is 124 Å². The fourth-order valence-electron chi connectivity index (χ4n) is 6.75. The van der Waals surface area contributed by atoms with Crippen molar-refractivity contribution in [1.29, 1.82) is 0 Å². The average Bonchev–Trinajstić information content (AvgIpc) is 2.98. The van der Waals surface area contributed by atoms with Crippen LogP contribution in [0, 0.1) is 23.2 Å². The maximum Gasteiger partial charge on any atom is 0.192 e. The predicted octanol–water partition coefficient (Wildman–Crippen LogP) is 8.37. The summed E-state index contributed by atoms with van der Waals surface area (Å²) in [6, 6.07) is 3.77. The lowest BCUT2D eigenvalue weighted by Gasteiger charge is -2.44. The van der Waals surface area contributed by atoms with Crippen LogP contribution in [0.25, 0.3) is 0 Å². The van der Waals surface area contributed by atoms with Crippen LogP contribution in [0.5, 0.6) is 0 Å². The lowest BCUT2D eigenvalue weighted by molar-refractivity contribution is 0.0705. The van der Waals surface area contributed by atoms with Crippen molar-refractivity contribution in [3.63, 3.8) is 0 Å². The van der Waals surface area contributed by atoms with E-state index in [1.54, 1.807) is 5.57 Å². The zero-order valence-corrected chi connectivity index (χ0v) is 20.6. The summed E-state index contributed by atoms with van der Waals surface area (Å²) >= 11 is 0. The highest BCUT2D eigenvalue weighted by molar-refractivity contribution is 6.73. The molecule has 2 aliphatic carbocycles. The topological polar surface area (TPSA) is 9.23 Å². The first-order valence-corrected chi connectivity index (χ1v) is 14.5. The van der Waals surface area contributed by atoms with E-state index in [9.17, 15) is 0 Å². The first kappa shape index (κ1) is 23.2. The van der Waals surface area contributed by atoms with Crippen molar-refractivity contribution in [2.24, 2.45) is 23.2 Å². The number of hydrogen-bond donors (Lipinski definition) is 0. The number of rotatable bonds is 10. The SMILES string of the molecule is C=C1CCC[C@]2(C)[C@@H]([C@H](C)CCCC(C)(C)O[Si](CC)(CC)CC)CC[C@@H]12. The maximum atomic E-state index is 6.83. The third kappa shape index (κ3) is 5.10. The van der Waals surface area contributed by atoms with Gasteiger partial charge in [-0.05, 0) is 93.7 Å². The average molecular weight is 393 g/mol. The molecular weight excluding hydrogens is 344 g/mol. The van der Waals surface area contributed by atoms with Gasteiger partial charge in [-0.2, -0.15) is 0 Å². The van der Waals surface area contributed by atoms with Gasteiger partial charge in [0.15, 0.2) is 8.32 Å². The molecule has 27 heavy (non-hydrogen) atoms. The first-order chi connectivity index (χ1) is 12.6. The summed E-state index contributed by atoms with van der Waals surface area (Å²) in [7, 11) is -1.51. The summed E-state index contributed by atoms with van der Waals surface area (Å²) in [4.78, 5) is 0. The molecule has 2 saturated carbocycles. The van der Waals surface area contributed by atoms with Crippen molar-refractivity contribution in [3.05, 3.63) is 12.2 Å². The fourth-order valence-corrected chi connectivity index (χ4v) is 9.96. The normalized spacial score (nSPS) is 30.4. The molecule has 2 heteroatoms. The Kier molecular flexibility index (Phi) is 7.87. The number of fused-ring (bicyclic) bond motifs is 1.